The van der Waals surface area contributed by atoms with Gasteiger partial charge in [0.15, 0.2) is 0 Å². The maximum absolute atomic E-state index is 13.8. The first-order chi connectivity index (χ1) is 8.04. The van der Waals surface area contributed by atoms with Crippen LogP contribution in [0.2, 0.25) is 0 Å². The highest BCUT2D eigenvalue weighted by molar-refractivity contribution is 5.85. The third-order valence-corrected chi connectivity index (χ3v) is 2.86. The Morgan fingerprint density at radius 2 is 2.12 bits per heavy atom. The van der Waals surface area contributed by atoms with Crippen molar-refractivity contribution in [2.75, 3.05) is 19.6 Å². The van der Waals surface area contributed by atoms with Crippen molar-refractivity contribution in [2.45, 2.75) is 37.8 Å². The van der Waals surface area contributed by atoms with Crippen LogP contribution in [0.5, 0.6) is 0 Å². The molecule has 0 aromatic rings. The molecule has 17 heavy (non-hydrogen) atoms. The molecule has 0 spiro atoms. The van der Waals surface area contributed by atoms with Gasteiger partial charge in [-0.15, -0.1) is 0 Å². The SMILES string of the molecule is O=C(O)CCCCCNC(=O)C1(F)CCNC1. The van der Waals surface area contributed by atoms with E-state index in [2.05, 4.69) is 10.6 Å². The minimum atomic E-state index is -1.76. The smallest absolute Gasteiger partial charge is 0.303 e. The lowest BCUT2D eigenvalue weighted by molar-refractivity contribution is -0.137. The molecule has 1 heterocycles. The highest BCUT2D eigenvalue weighted by Crippen LogP contribution is 2.19. The van der Waals surface area contributed by atoms with Gasteiger partial charge in [0.25, 0.3) is 5.91 Å². The minimum absolute atomic E-state index is 0.0812. The number of carboxylic acids is 1. The number of hydrogen-bond donors (Lipinski definition) is 3. The minimum Gasteiger partial charge on any atom is -0.481 e. The number of rotatable bonds is 7. The van der Waals surface area contributed by atoms with Crippen LogP contribution in [0.3, 0.4) is 0 Å². The van der Waals surface area contributed by atoms with Crippen molar-refractivity contribution in [3.8, 4) is 0 Å². The molecule has 98 valence electrons. The number of nitrogens with one attached hydrogen (secondary N) is 2. The summed E-state index contributed by atoms with van der Waals surface area (Å²) >= 11 is 0. The van der Waals surface area contributed by atoms with Gasteiger partial charge in [0.2, 0.25) is 5.67 Å². The number of carbonyl (C=O) groups is 2. The molecule has 1 unspecified atom stereocenters. The summed E-state index contributed by atoms with van der Waals surface area (Å²) < 4.78 is 13.8. The molecule has 0 aliphatic carbocycles. The van der Waals surface area contributed by atoms with Crippen molar-refractivity contribution in [3.63, 3.8) is 0 Å². The second-order valence-electron chi connectivity index (χ2n) is 4.35. The predicted octanol–water partition coefficient (Wildman–Crippen LogP) is 0.449. The fourth-order valence-corrected chi connectivity index (χ4v) is 1.79. The average molecular weight is 246 g/mol. The zero-order valence-corrected chi connectivity index (χ0v) is 9.80. The molecule has 1 fully saturated rings. The molecule has 1 aliphatic rings. The summed E-state index contributed by atoms with van der Waals surface area (Å²) in [5, 5.41) is 13.8. The maximum atomic E-state index is 13.8. The number of unbranched alkanes of at least 4 members (excludes halogenated alkanes) is 2. The van der Waals surface area contributed by atoms with Crippen molar-refractivity contribution >= 4 is 11.9 Å². The van der Waals surface area contributed by atoms with E-state index < -0.39 is 17.5 Å². The first kappa shape index (κ1) is 13.9. The Morgan fingerprint density at radius 3 is 2.71 bits per heavy atom. The Labute approximate surface area is 99.8 Å². The van der Waals surface area contributed by atoms with Gasteiger partial charge >= 0.3 is 5.97 Å². The first-order valence-electron chi connectivity index (χ1n) is 5.94. The van der Waals surface area contributed by atoms with E-state index in [1.807, 2.05) is 0 Å². The summed E-state index contributed by atoms with van der Waals surface area (Å²) in [6.45, 7) is 1.02. The van der Waals surface area contributed by atoms with Crippen LogP contribution in [-0.4, -0.2) is 42.3 Å². The molecule has 5 nitrogen and oxygen atoms in total. The molecule has 6 heteroatoms. The third-order valence-electron chi connectivity index (χ3n) is 2.86. The summed E-state index contributed by atoms with van der Waals surface area (Å²) in [6, 6.07) is 0. The predicted molar refractivity (Wildman–Crippen MR) is 60.4 cm³/mol. The number of carbonyl (C=O) groups excluding carboxylic acids is 1. The zero-order chi connectivity index (χ0) is 12.7. The number of alkyl halides is 1. The lowest BCUT2D eigenvalue weighted by Crippen LogP contribution is -2.45. The summed E-state index contributed by atoms with van der Waals surface area (Å²) in [7, 11) is 0. The lowest BCUT2D eigenvalue weighted by atomic mass is 10.0. The van der Waals surface area contributed by atoms with Crippen LogP contribution in [-0.2, 0) is 9.59 Å². The van der Waals surface area contributed by atoms with E-state index in [4.69, 9.17) is 5.11 Å². The highest BCUT2D eigenvalue weighted by atomic mass is 19.1. The van der Waals surface area contributed by atoms with Crippen molar-refractivity contribution in [1.82, 2.24) is 10.6 Å². The van der Waals surface area contributed by atoms with E-state index in [0.717, 1.165) is 6.42 Å². The fourth-order valence-electron chi connectivity index (χ4n) is 1.79. The van der Waals surface area contributed by atoms with Crippen LogP contribution >= 0.6 is 0 Å². The van der Waals surface area contributed by atoms with Gasteiger partial charge in [-0.1, -0.05) is 6.42 Å². The molecule has 0 aromatic carbocycles. The highest BCUT2D eigenvalue weighted by Gasteiger charge is 2.41. The van der Waals surface area contributed by atoms with E-state index in [9.17, 15) is 14.0 Å². The van der Waals surface area contributed by atoms with Gasteiger partial charge in [0.05, 0.1) is 0 Å². The summed E-state index contributed by atoms with van der Waals surface area (Å²) in [4.78, 5) is 21.7. The molecule has 0 bridgehead atoms. The van der Waals surface area contributed by atoms with Crippen LogP contribution in [0.1, 0.15) is 32.1 Å². The average Bonchev–Trinajstić information content (AvgIpc) is 2.71. The van der Waals surface area contributed by atoms with Gasteiger partial charge in [0, 0.05) is 25.9 Å². The van der Waals surface area contributed by atoms with Crippen molar-refractivity contribution in [3.05, 3.63) is 0 Å². The molecular weight excluding hydrogens is 227 g/mol. The van der Waals surface area contributed by atoms with Gasteiger partial charge in [-0.05, 0) is 19.4 Å². The molecule has 1 rings (SSSR count). The molecule has 1 amide bonds. The van der Waals surface area contributed by atoms with Gasteiger partial charge < -0.3 is 15.7 Å². The van der Waals surface area contributed by atoms with Crippen LogP contribution in [0.15, 0.2) is 0 Å². The quantitative estimate of drug-likeness (QED) is 0.570. The van der Waals surface area contributed by atoms with Gasteiger partial charge in [-0.2, -0.15) is 0 Å². The van der Waals surface area contributed by atoms with Crippen LogP contribution < -0.4 is 10.6 Å². The standard InChI is InChI=1S/C11H19FN2O3/c12-11(5-7-13-8-11)10(17)14-6-3-1-2-4-9(15)16/h13H,1-8H2,(H,14,17)(H,15,16). The van der Waals surface area contributed by atoms with Gasteiger partial charge in [-0.25, -0.2) is 4.39 Å². The van der Waals surface area contributed by atoms with E-state index >= 15 is 0 Å². The Morgan fingerprint density at radius 1 is 1.35 bits per heavy atom. The summed E-state index contributed by atoms with van der Waals surface area (Å²) in [6.07, 6.45) is 2.36. The number of amides is 1. The Balaban J connectivity index is 2.06. The van der Waals surface area contributed by atoms with Gasteiger partial charge in [-0.3, -0.25) is 9.59 Å². The number of carboxylic acid groups (broad SMARTS) is 1. The second kappa shape index (κ2) is 6.54. The second-order valence-corrected chi connectivity index (χ2v) is 4.35. The van der Waals surface area contributed by atoms with Crippen molar-refractivity contribution in [1.29, 1.82) is 0 Å². The van der Waals surface area contributed by atoms with Crippen molar-refractivity contribution in [2.24, 2.45) is 0 Å². The Hall–Kier alpha value is -1.17. The van der Waals surface area contributed by atoms with Crippen LogP contribution in [0.4, 0.5) is 4.39 Å². The maximum Gasteiger partial charge on any atom is 0.303 e. The van der Waals surface area contributed by atoms with Gasteiger partial charge in [0.1, 0.15) is 0 Å². The molecule has 1 atom stereocenters. The molecule has 0 radical (unpaired) electrons. The Kier molecular flexibility index (Phi) is 5.34. The van der Waals surface area contributed by atoms with Crippen molar-refractivity contribution < 1.29 is 19.1 Å². The Bertz CT molecular complexity index is 278. The normalized spacial score (nSPS) is 23.6. The zero-order valence-electron chi connectivity index (χ0n) is 9.80. The van der Waals surface area contributed by atoms with Crippen LogP contribution in [0, 0.1) is 0 Å². The molecule has 0 saturated carbocycles. The number of hydrogen-bond acceptors (Lipinski definition) is 3. The molecule has 1 aliphatic heterocycles. The largest absolute Gasteiger partial charge is 0.481 e. The van der Waals surface area contributed by atoms with Crippen LogP contribution in [0.25, 0.3) is 0 Å². The lowest BCUT2D eigenvalue weighted by Gasteiger charge is -2.17. The topological polar surface area (TPSA) is 78.4 Å². The molecule has 0 aromatic heterocycles. The van der Waals surface area contributed by atoms with E-state index in [1.165, 1.54) is 0 Å². The van der Waals surface area contributed by atoms with E-state index in [0.29, 0.717) is 25.9 Å². The number of aliphatic carboxylic acids is 1. The monoisotopic (exact) mass is 246 g/mol. The summed E-state index contributed by atoms with van der Waals surface area (Å²) in [5.41, 5.74) is -1.76. The molecular formula is C11H19FN2O3. The third kappa shape index (κ3) is 4.68. The fraction of sp³-hybridized carbons (Fsp3) is 0.818. The number of halogens is 1. The molecule has 3 N–H and O–H groups in total. The molecule has 1 saturated heterocycles. The van der Waals surface area contributed by atoms with E-state index in [1.54, 1.807) is 0 Å². The summed E-state index contributed by atoms with van der Waals surface area (Å²) in [5.74, 6) is -1.37. The first-order valence-corrected chi connectivity index (χ1v) is 5.94. The van der Waals surface area contributed by atoms with E-state index in [-0.39, 0.29) is 19.4 Å².